The summed E-state index contributed by atoms with van der Waals surface area (Å²) < 4.78 is 11.6. The van der Waals surface area contributed by atoms with Gasteiger partial charge in [0.1, 0.15) is 11.5 Å². The highest BCUT2D eigenvalue weighted by atomic mass is 32.1. The second-order valence-corrected chi connectivity index (χ2v) is 8.49. The Balaban J connectivity index is 2.35. The average Bonchev–Trinajstić information content (AvgIpc) is 2.60. The van der Waals surface area contributed by atoms with E-state index in [2.05, 4.69) is 64.4 Å². The van der Waals surface area contributed by atoms with Crippen LogP contribution in [0.15, 0.2) is 24.3 Å². The molecule has 0 radical (unpaired) electrons. The SMILES string of the molecule is CCC(S)C(S)CCOc1cccc(OCCC(S)C(S)CC)c1. The van der Waals surface area contributed by atoms with Crippen LogP contribution in [0.3, 0.4) is 0 Å². The third-order valence-corrected chi connectivity index (χ3v) is 7.05. The van der Waals surface area contributed by atoms with Gasteiger partial charge in [0.05, 0.1) is 13.2 Å². The van der Waals surface area contributed by atoms with Crippen molar-refractivity contribution in [1.82, 2.24) is 0 Å². The van der Waals surface area contributed by atoms with Crippen LogP contribution in [0.1, 0.15) is 39.5 Å². The molecule has 1 aromatic rings. The minimum Gasteiger partial charge on any atom is -0.493 e. The fraction of sp³-hybridized carbons (Fsp3) is 0.667. The highest BCUT2D eigenvalue weighted by Crippen LogP contribution is 2.22. The third-order valence-electron chi connectivity index (χ3n) is 3.90. The highest BCUT2D eigenvalue weighted by molar-refractivity contribution is 7.85. The van der Waals surface area contributed by atoms with Crippen molar-refractivity contribution in [3.8, 4) is 11.5 Å². The van der Waals surface area contributed by atoms with Crippen LogP contribution in [0.2, 0.25) is 0 Å². The molecular formula is C18H30O2S4. The lowest BCUT2D eigenvalue weighted by atomic mass is 10.2. The summed E-state index contributed by atoms with van der Waals surface area (Å²) in [7, 11) is 0. The molecule has 1 rings (SSSR count). The predicted octanol–water partition coefficient (Wildman–Crippen LogP) is 5.24. The fourth-order valence-corrected chi connectivity index (χ4v) is 3.11. The molecule has 0 aliphatic rings. The molecule has 138 valence electrons. The topological polar surface area (TPSA) is 18.5 Å². The second-order valence-electron chi connectivity index (χ2n) is 5.84. The number of hydrogen-bond acceptors (Lipinski definition) is 6. The maximum atomic E-state index is 5.80. The normalized spacial score (nSPS) is 16.2. The molecule has 0 bridgehead atoms. The summed E-state index contributed by atoms with van der Waals surface area (Å²) in [5.74, 6) is 1.64. The molecule has 0 saturated carbocycles. The Morgan fingerprint density at radius 2 is 1.17 bits per heavy atom. The number of hydrogen-bond donors (Lipinski definition) is 4. The first-order valence-electron chi connectivity index (χ1n) is 8.55. The van der Waals surface area contributed by atoms with E-state index in [1.54, 1.807) is 0 Å². The monoisotopic (exact) mass is 406 g/mol. The highest BCUT2D eigenvalue weighted by Gasteiger charge is 2.13. The standard InChI is InChI=1S/C18H30O2S4/c1-3-15(21)17(23)8-10-19-13-6-5-7-14(12-13)20-11-9-18(24)16(22)4-2/h5-7,12,15-18,21-24H,3-4,8-11H2,1-2H3. The van der Waals surface area contributed by atoms with Crippen LogP contribution in [0.4, 0.5) is 0 Å². The summed E-state index contributed by atoms with van der Waals surface area (Å²) in [6, 6.07) is 7.76. The molecule has 4 unspecified atom stereocenters. The molecule has 0 amide bonds. The molecule has 1 aromatic carbocycles. The lowest BCUT2D eigenvalue weighted by Gasteiger charge is -2.18. The molecule has 0 aliphatic heterocycles. The smallest absolute Gasteiger partial charge is 0.122 e. The van der Waals surface area contributed by atoms with E-state index in [0.717, 1.165) is 37.2 Å². The Bertz CT molecular complexity index is 421. The fourth-order valence-electron chi connectivity index (χ4n) is 2.18. The van der Waals surface area contributed by atoms with Crippen molar-refractivity contribution in [3.05, 3.63) is 24.3 Å². The van der Waals surface area contributed by atoms with Gasteiger partial charge in [-0.05, 0) is 37.8 Å². The lowest BCUT2D eigenvalue weighted by Crippen LogP contribution is -2.17. The zero-order valence-electron chi connectivity index (χ0n) is 14.5. The maximum absolute atomic E-state index is 5.80. The van der Waals surface area contributed by atoms with Crippen molar-refractivity contribution in [2.45, 2.75) is 60.5 Å². The van der Waals surface area contributed by atoms with Gasteiger partial charge in [-0.2, -0.15) is 50.5 Å². The van der Waals surface area contributed by atoms with E-state index in [1.165, 1.54) is 0 Å². The first-order chi connectivity index (χ1) is 11.5. The molecule has 0 saturated heterocycles. The Kier molecular flexibility index (Phi) is 11.6. The van der Waals surface area contributed by atoms with Gasteiger partial charge in [0.25, 0.3) is 0 Å². The maximum Gasteiger partial charge on any atom is 0.122 e. The molecule has 2 nitrogen and oxygen atoms in total. The van der Waals surface area contributed by atoms with E-state index in [4.69, 9.17) is 9.47 Å². The predicted molar refractivity (Wildman–Crippen MR) is 118 cm³/mol. The van der Waals surface area contributed by atoms with Crippen LogP contribution < -0.4 is 9.47 Å². The first-order valence-corrected chi connectivity index (χ1v) is 10.6. The summed E-state index contributed by atoms with van der Waals surface area (Å²) in [5, 5.41) is 1.11. The number of thiol groups is 4. The first kappa shape index (κ1) is 22.3. The van der Waals surface area contributed by atoms with Crippen molar-refractivity contribution < 1.29 is 9.47 Å². The van der Waals surface area contributed by atoms with Crippen LogP contribution in [0.5, 0.6) is 11.5 Å². The molecule has 4 atom stereocenters. The van der Waals surface area contributed by atoms with Gasteiger partial charge < -0.3 is 9.47 Å². The quantitative estimate of drug-likeness (QED) is 0.356. The molecule has 0 spiro atoms. The lowest BCUT2D eigenvalue weighted by molar-refractivity contribution is 0.293. The number of benzene rings is 1. The van der Waals surface area contributed by atoms with E-state index < -0.39 is 0 Å². The Labute approximate surface area is 169 Å². The van der Waals surface area contributed by atoms with Gasteiger partial charge in [-0.15, -0.1) is 0 Å². The van der Waals surface area contributed by atoms with Crippen LogP contribution in [-0.4, -0.2) is 34.2 Å². The molecular weight excluding hydrogens is 376 g/mol. The molecule has 0 heterocycles. The molecule has 0 aliphatic carbocycles. The van der Waals surface area contributed by atoms with E-state index in [-0.39, 0.29) is 10.5 Å². The van der Waals surface area contributed by atoms with E-state index in [9.17, 15) is 0 Å². The molecule has 0 fully saturated rings. The van der Waals surface area contributed by atoms with E-state index >= 15 is 0 Å². The van der Waals surface area contributed by atoms with Gasteiger partial charge in [-0.3, -0.25) is 0 Å². The molecule has 24 heavy (non-hydrogen) atoms. The van der Waals surface area contributed by atoms with Crippen LogP contribution >= 0.6 is 50.5 Å². The number of rotatable bonds is 12. The van der Waals surface area contributed by atoms with Gasteiger partial charge in [0, 0.05) is 27.1 Å². The van der Waals surface area contributed by atoms with Gasteiger partial charge >= 0.3 is 0 Å². The van der Waals surface area contributed by atoms with Gasteiger partial charge in [0.2, 0.25) is 0 Å². The molecule has 0 N–H and O–H groups in total. The zero-order valence-corrected chi connectivity index (χ0v) is 18.0. The third kappa shape index (κ3) is 8.54. The van der Waals surface area contributed by atoms with Crippen molar-refractivity contribution in [1.29, 1.82) is 0 Å². The Morgan fingerprint density at radius 1 is 0.750 bits per heavy atom. The van der Waals surface area contributed by atoms with Crippen molar-refractivity contribution in [2.75, 3.05) is 13.2 Å². The largest absolute Gasteiger partial charge is 0.493 e. The Morgan fingerprint density at radius 3 is 1.54 bits per heavy atom. The van der Waals surface area contributed by atoms with E-state index in [1.807, 2.05) is 24.3 Å². The van der Waals surface area contributed by atoms with Crippen LogP contribution in [-0.2, 0) is 0 Å². The molecule has 0 aromatic heterocycles. The Hall–Kier alpha value is 0.220. The van der Waals surface area contributed by atoms with Gasteiger partial charge in [-0.25, -0.2) is 0 Å². The molecule has 6 heteroatoms. The van der Waals surface area contributed by atoms with Crippen molar-refractivity contribution in [3.63, 3.8) is 0 Å². The summed E-state index contributed by atoms with van der Waals surface area (Å²) in [4.78, 5) is 0. The zero-order chi connectivity index (χ0) is 17.9. The van der Waals surface area contributed by atoms with Gasteiger partial charge in [0.15, 0.2) is 0 Å². The summed E-state index contributed by atoms with van der Waals surface area (Å²) in [6.07, 6.45) is 3.77. The minimum atomic E-state index is 0.248. The van der Waals surface area contributed by atoms with Gasteiger partial charge in [-0.1, -0.05) is 19.9 Å². The average molecular weight is 407 g/mol. The van der Waals surface area contributed by atoms with Crippen LogP contribution in [0, 0.1) is 0 Å². The van der Waals surface area contributed by atoms with E-state index in [0.29, 0.717) is 23.7 Å². The summed E-state index contributed by atoms with van der Waals surface area (Å²) in [6.45, 7) is 5.50. The number of ether oxygens (including phenoxy) is 2. The van der Waals surface area contributed by atoms with Crippen molar-refractivity contribution >= 4 is 50.5 Å². The summed E-state index contributed by atoms with van der Waals surface area (Å²) in [5.41, 5.74) is 0. The van der Waals surface area contributed by atoms with Crippen LogP contribution in [0.25, 0.3) is 0 Å². The minimum absolute atomic E-state index is 0.248. The summed E-state index contributed by atoms with van der Waals surface area (Å²) >= 11 is 18.2. The van der Waals surface area contributed by atoms with Crippen molar-refractivity contribution in [2.24, 2.45) is 0 Å². The second kappa shape index (κ2) is 12.6.